The number of thiophene rings is 1. The number of nitrogens with one attached hydrogen (secondary N) is 2. The molecule has 2 aromatic heterocycles. The highest BCUT2D eigenvalue weighted by atomic mass is 32.2. The molecule has 2 aromatic rings. The summed E-state index contributed by atoms with van der Waals surface area (Å²) in [5.74, 6) is 0.305. The van der Waals surface area contributed by atoms with Crippen molar-refractivity contribution in [1.29, 1.82) is 0 Å². The van der Waals surface area contributed by atoms with E-state index in [0.29, 0.717) is 12.4 Å². The van der Waals surface area contributed by atoms with Crippen molar-refractivity contribution in [1.82, 2.24) is 15.5 Å². The number of rotatable bonds is 10. The van der Waals surface area contributed by atoms with Crippen LogP contribution in [-0.2, 0) is 16.0 Å². The third-order valence-electron chi connectivity index (χ3n) is 2.78. The third kappa shape index (κ3) is 6.86. The number of thioether (sulfide) groups is 1. The Labute approximate surface area is 148 Å². The van der Waals surface area contributed by atoms with Crippen molar-refractivity contribution < 1.29 is 9.53 Å². The van der Waals surface area contributed by atoms with Gasteiger partial charge in [-0.3, -0.25) is 4.79 Å². The number of carbonyl (C=O) groups excluding carboxylic acids is 1. The van der Waals surface area contributed by atoms with Crippen LogP contribution in [0.4, 0.5) is 5.13 Å². The molecule has 23 heavy (non-hydrogen) atoms. The van der Waals surface area contributed by atoms with E-state index in [4.69, 9.17) is 4.74 Å². The monoisotopic (exact) mass is 372 g/mol. The Balaban J connectivity index is 1.66. The molecule has 1 atom stereocenters. The molecule has 2 rings (SSSR count). The Morgan fingerprint density at radius 2 is 2.35 bits per heavy atom. The molecule has 9 heteroatoms. The molecular formula is C14H20N4O2S3. The van der Waals surface area contributed by atoms with Gasteiger partial charge in [0, 0.05) is 24.6 Å². The predicted molar refractivity (Wildman–Crippen MR) is 96.6 cm³/mol. The second kappa shape index (κ2) is 9.86. The molecule has 6 nitrogen and oxygen atoms in total. The highest BCUT2D eigenvalue weighted by Gasteiger charge is 2.10. The van der Waals surface area contributed by atoms with Gasteiger partial charge in [-0.2, -0.15) is 0 Å². The van der Waals surface area contributed by atoms with Crippen molar-refractivity contribution in [2.75, 3.05) is 31.3 Å². The van der Waals surface area contributed by atoms with Gasteiger partial charge in [0.2, 0.25) is 11.0 Å². The van der Waals surface area contributed by atoms with E-state index in [1.165, 1.54) is 28.0 Å². The molecule has 1 amide bonds. The average Bonchev–Trinajstić information content (AvgIpc) is 3.17. The number of ether oxygens (including phenoxy) is 1. The quantitative estimate of drug-likeness (QED) is 0.624. The van der Waals surface area contributed by atoms with Gasteiger partial charge >= 0.3 is 0 Å². The number of methoxy groups -OCH3 is 1. The van der Waals surface area contributed by atoms with Crippen LogP contribution in [0.25, 0.3) is 0 Å². The van der Waals surface area contributed by atoms with Gasteiger partial charge < -0.3 is 15.4 Å². The summed E-state index contributed by atoms with van der Waals surface area (Å²) in [6.07, 6.45) is 0.972. The lowest BCUT2D eigenvalue weighted by Crippen LogP contribution is -2.36. The summed E-state index contributed by atoms with van der Waals surface area (Å²) in [7, 11) is 1.62. The van der Waals surface area contributed by atoms with Gasteiger partial charge in [-0.05, 0) is 24.8 Å². The largest absolute Gasteiger partial charge is 0.383 e. The summed E-state index contributed by atoms with van der Waals surface area (Å²) in [6, 6.07) is 4.19. The minimum absolute atomic E-state index is 0.0111. The van der Waals surface area contributed by atoms with Crippen molar-refractivity contribution in [3.8, 4) is 0 Å². The highest BCUT2D eigenvalue weighted by Crippen LogP contribution is 2.25. The van der Waals surface area contributed by atoms with E-state index in [2.05, 4.69) is 38.3 Å². The molecule has 0 radical (unpaired) electrons. The van der Waals surface area contributed by atoms with Crippen LogP contribution >= 0.6 is 34.4 Å². The molecule has 0 aliphatic heterocycles. The van der Waals surface area contributed by atoms with Crippen molar-refractivity contribution in [3.63, 3.8) is 0 Å². The molecule has 2 heterocycles. The lowest BCUT2D eigenvalue weighted by molar-refractivity contribution is -0.119. The number of anilines is 1. The lowest BCUT2D eigenvalue weighted by Gasteiger charge is -2.11. The molecule has 1 unspecified atom stereocenters. The zero-order valence-electron chi connectivity index (χ0n) is 13.1. The van der Waals surface area contributed by atoms with Gasteiger partial charge in [-0.15, -0.1) is 21.5 Å². The van der Waals surface area contributed by atoms with E-state index >= 15 is 0 Å². The van der Waals surface area contributed by atoms with E-state index in [1.54, 1.807) is 18.4 Å². The van der Waals surface area contributed by atoms with Crippen LogP contribution in [0, 0.1) is 0 Å². The molecule has 0 saturated carbocycles. The first-order chi connectivity index (χ1) is 11.2. The second-order valence-electron chi connectivity index (χ2n) is 4.84. The molecule has 0 aromatic carbocycles. The minimum Gasteiger partial charge on any atom is -0.383 e. The first-order valence-electron chi connectivity index (χ1n) is 7.18. The molecule has 0 saturated heterocycles. The Hall–Kier alpha value is -1.16. The molecule has 2 N–H and O–H groups in total. The Kier molecular flexibility index (Phi) is 7.80. The van der Waals surface area contributed by atoms with Crippen LogP contribution in [0.1, 0.15) is 11.8 Å². The van der Waals surface area contributed by atoms with Crippen LogP contribution in [0.3, 0.4) is 0 Å². The van der Waals surface area contributed by atoms with Crippen molar-refractivity contribution in [2.45, 2.75) is 23.7 Å². The van der Waals surface area contributed by atoms with Crippen LogP contribution in [-0.4, -0.2) is 48.2 Å². The van der Waals surface area contributed by atoms with Crippen LogP contribution in [0.5, 0.6) is 0 Å². The first kappa shape index (κ1) is 18.2. The van der Waals surface area contributed by atoms with Gasteiger partial charge in [0.1, 0.15) is 0 Å². The normalized spacial score (nSPS) is 12.1. The summed E-state index contributed by atoms with van der Waals surface area (Å²) < 4.78 is 5.78. The predicted octanol–water partition coefficient (Wildman–Crippen LogP) is 2.50. The lowest BCUT2D eigenvalue weighted by atomic mass is 10.3. The standard InChI is InChI=1S/C14H20N4O2S3/c1-10(8-20-2)16-12(19)9-22-14-18-17-13(23-14)15-6-5-11-4-3-7-21-11/h3-4,7,10H,5-6,8-9H2,1-2H3,(H,15,17)(H,16,19). The minimum atomic E-state index is -0.0260. The number of nitrogens with zero attached hydrogens (tertiary/aromatic N) is 2. The Morgan fingerprint density at radius 3 is 3.09 bits per heavy atom. The second-order valence-corrected chi connectivity index (χ2v) is 8.07. The van der Waals surface area contributed by atoms with Gasteiger partial charge in [0.05, 0.1) is 12.4 Å². The highest BCUT2D eigenvalue weighted by molar-refractivity contribution is 8.01. The van der Waals surface area contributed by atoms with E-state index < -0.39 is 0 Å². The Morgan fingerprint density at radius 1 is 1.48 bits per heavy atom. The molecule has 0 fully saturated rings. The molecule has 0 aliphatic carbocycles. The maximum atomic E-state index is 11.8. The topological polar surface area (TPSA) is 76.1 Å². The van der Waals surface area contributed by atoms with Gasteiger partial charge in [-0.1, -0.05) is 29.2 Å². The van der Waals surface area contributed by atoms with Crippen LogP contribution in [0.2, 0.25) is 0 Å². The van der Waals surface area contributed by atoms with E-state index in [-0.39, 0.29) is 11.9 Å². The van der Waals surface area contributed by atoms with Crippen molar-refractivity contribution >= 4 is 45.5 Å². The fraction of sp³-hybridized carbons (Fsp3) is 0.500. The fourth-order valence-corrected chi connectivity index (χ4v) is 4.12. The summed E-state index contributed by atoms with van der Waals surface area (Å²) in [4.78, 5) is 13.1. The smallest absolute Gasteiger partial charge is 0.230 e. The van der Waals surface area contributed by atoms with Gasteiger partial charge in [-0.25, -0.2) is 0 Å². The summed E-state index contributed by atoms with van der Waals surface area (Å²) >= 11 is 4.62. The Bertz CT molecular complexity index is 589. The maximum Gasteiger partial charge on any atom is 0.230 e. The van der Waals surface area contributed by atoms with Gasteiger partial charge in [0.15, 0.2) is 4.34 Å². The number of hydrogen-bond acceptors (Lipinski definition) is 8. The zero-order chi connectivity index (χ0) is 16.5. The van der Waals surface area contributed by atoms with E-state index in [1.807, 2.05) is 6.92 Å². The van der Waals surface area contributed by atoms with Gasteiger partial charge in [0.25, 0.3) is 0 Å². The molecule has 126 valence electrons. The molecule has 0 bridgehead atoms. The fourth-order valence-electron chi connectivity index (χ4n) is 1.82. The number of hydrogen-bond donors (Lipinski definition) is 2. The maximum absolute atomic E-state index is 11.8. The zero-order valence-corrected chi connectivity index (χ0v) is 15.5. The third-order valence-corrected chi connectivity index (χ3v) is 5.74. The summed E-state index contributed by atoms with van der Waals surface area (Å²) in [6.45, 7) is 3.25. The van der Waals surface area contributed by atoms with E-state index in [9.17, 15) is 4.79 Å². The number of amides is 1. The van der Waals surface area contributed by atoms with Crippen molar-refractivity contribution in [2.24, 2.45) is 0 Å². The van der Waals surface area contributed by atoms with Crippen LogP contribution in [0.15, 0.2) is 21.9 Å². The molecule has 0 spiro atoms. The first-order valence-corrected chi connectivity index (χ1v) is 9.86. The van der Waals surface area contributed by atoms with Crippen LogP contribution < -0.4 is 10.6 Å². The molecular weight excluding hydrogens is 352 g/mol. The summed E-state index contributed by atoms with van der Waals surface area (Å²) in [5, 5.41) is 17.2. The summed E-state index contributed by atoms with van der Waals surface area (Å²) in [5.41, 5.74) is 0. The molecule has 0 aliphatic rings. The number of aromatic nitrogens is 2. The van der Waals surface area contributed by atoms with E-state index in [0.717, 1.165) is 22.4 Å². The SMILES string of the molecule is COCC(C)NC(=O)CSc1nnc(NCCc2cccs2)s1. The number of carbonyl (C=O) groups is 1. The average molecular weight is 373 g/mol. The van der Waals surface area contributed by atoms with Crippen molar-refractivity contribution in [3.05, 3.63) is 22.4 Å².